The number of hydrogen-bond donors (Lipinski definition) is 0. The summed E-state index contributed by atoms with van der Waals surface area (Å²) in [6.07, 6.45) is 4.48. The van der Waals surface area contributed by atoms with E-state index in [1.165, 1.54) is 5.39 Å². The van der Waals surface area contributed by atoms with Crippen LogP contribution >= 0.6 is 0 Å². The molecule has 0 unspecified atom stereocenters. The van der Waals surface area contributed by atoms with Crippen LogP contribution in [-0.4, -0.2) is 13.2 Å². The van der Waals surface area contributed by atoms with E-state index in [0.29, 0.717) is 0 Å². The molecule has 0 bridgehead atoms. The minimum absolute atomic E-state index is 0.774. The maximum Gasteiger partial charge on any atom is 0.127 e. The molecule has 0 N–H and O–H groups in total. The fraction of sp³-hybridized carbons (Fsp3) is 0.444. The fourth-order valence-corrected chi connectivity index (χ4v) is 2.10. The van der Waals surface area contributed by atoms with Gasteiger partial charge in [-0.2, -0.15) is 0 Å². The van der Waals surface area contributed by atoms with Crippen molar-refractivity contribution in [2.24, 2.45) is 0 Å². The van der Waals surface area contributed by atoms with Gasteiger partial charge in [-0.25, -0.2) is 0 Å². The van der Waals surface area contributed by atoms with Crippen LogP contribution in [0.5, 0.6) is 11.5 Å². The maximum absolute atomic E-state index is 5.88. The second-order valence-electron chi connectivity index (χ2n) is 5.04. The molecule has 0 aliphatic heterocycles. The molecule has 0 heterocycles. The molecule has 20 heavy (non-hydrogen) atoms. The van der Waals surface area contributed by atoms with Crippen molar-refractivity contribution in [3.63, 3.8) is 0 Å². The second kappa shape index (κ2) is 7.78. The zero-order chi connectivity index (χ0) is 14.2. The molecule has 0 spiro atoms. The van der Waals surface area contributed by atoms with E-state index in [4.69, 9.17) is 9.47 Å². The van der Waals surface area contributed by atoms with Crippen molar-refractivity contribution in [3.05, 3.63) is 36.4 Å². The van der Waals surface area contributed by atoms with Crippen molar-refractivity contribution in [2.45, 2.75) is 39.5 Å². The number of unbranched alkanes of at least 4 members (excludes halogenated alkanes) is 2. The highest BCUT2D eigenvalue weighted by Crippen LogP contribution is 2.29. The minimum Gasteiger partial charge on any atom is -0.494 e. The molecule has 0 saturated carbocycles. The molecule has 0 fully saturated rings. The first kappa shape index (κ1) is 14.7. The molecule has 2 heteroatoms. The van der Waals surface area contributed by atoms with Crippen molar-refractivity contribution >= 4 is 10.8 Å². The topological polar surface area (TPSA) is 18.5 Å². The van der Waals surface area contributed by atoms with E-state index < -0.39 is 0 Å². The summed E-state index contributed by atoms with van der Waals surface area (Å²) in [5.74, 6) is 1.88. The number of rotatable bonds is 8. The van der Waals surface area contributed by atoms with Gasteiger partial charge in [0.25, 0.3) is 0 Å². The summed E-state index contributed by atoms with van der Waals surface area (Å²) >= 11 is 0. The molecule has 2 nitrogen and oxygen atoms in total. The number of benzene rings is 2. The van der Waals surface area contributed by atoms with Crippen LogP contribution in [0.25, 0.3) is 10.8 Å². The summed E-state index contributed by atoms with van der Waals surface area (Å²) in [6.45, 7) is 5.90. The van der Waals surface area contributed by atoms with Crippen LogP contribution < -0.4 is 9.47 Å². The Morgan fingerprint density at radius 1 is 0.850 bits per heavy atom. The summed E-state index contributed by atoms with van der Waals surface area (Å²) in [7, 11) is 0. The lowest BCUT2D eigenvalue weighted by Gasteiger charge is -2.11. The van der Waals surface area contributed by atoms with Gasteiger partial charge in [0.05, 0.1) is 13.2 Å². The molecule has 2 rings (SSSR count). The lowest BCUT2D eigenvalue weighted by molar-refractivity contribution is 0.307. The first-order chi connectivity index (χ1) is 9.85. The lowest BCUT2D eigenvalue weighted by atomic mass is 10.1. The summed E-state index contributed by atoms with van der Waals surface area (Å²) in [6, 6.07) is 12.4. The van der Waals surface area contributed by atoms with Gasteiger partial charge in [-0.3, -0.25) is 0 Å². The Hall–Kier alpha value is -1.70. The monoisotopic (exact) mass is 272 g/mol. The van der Waals surface area contributed by atoms with Crippen LogP contribution in [0.4, 0.5) is 0 Å². The smallest absolute Gasteiger partial charge is 0.127 e. The quantitative estimate of drug-likeness (QED) is 0.615. The second-order valence-corrected chi connectivity index (χ2v) is 5.04. The minimum atomic E-state index is 0.774. The molecular formula is C18H24O2. The first-order valence-corrected chi connectivity index (χ1v) is 7.63. The molecular weight excluding hydrogens is 248 g/mol. The average molecular weight is 272 g/mol. The first-order valence-electron chi connectivity index (χ1n) is 7.63. The Balaban J connectivity index is 2.17. The van der Waals surface area contributed by atoms with E-state index in [-0.39, 0.29) is 0 Å². The fourth-order valence-electron chi connectivity index (χ4n) is 2.10. The van der Waals surface area contributed by atoms with Gasteiger partial charge in [0.2, 0.25) is 0 Å². The zero-order valence-electron chi connectivity index (χ0n) is 12.5. The van der Waals surface area contributed by atoms with Crippen LogP contribution in [0.2, 0.25) is 0 Å². The lowest BCUT2D eigenvalue weighted by Crippen LogP contribution is -1.98. The van der Waals surface area contributed by atoms with E-state index >= 15 is 0 Å². The molecule has 0 atom stereocenters. The van der Waals surface area contributed by atoms with Gasteiger partial charge in [0.1, 0.15) is 11.5 Å². The van der Waals surface area contributed by atoms with Crippen LogP contribution in [0.3, 0.4) is 0 Å². The van der Waals surface area contributed by atoms with Crippen molar-refractivity contribution in [1.29, 1.82) is 0 Å². The van der Waals surface area contributed by atoms with Gasteiger partial charge in [-0.05, 0) is 36.4 Å². The third kappa shape index (κ3) is 3.89. The summed E-state index contributed by atoms with van der Waals surface area (Å²) in [5, 5.41) is 2.33. The molecule has 2 aromatic carbocycles. The van der Waals surface area contributed by atoms with Crippen molar-refractivity contribution in [3.8, 4) is 11.5 Å². The van der Waals surface area contributed by atoms with Gasteiger partial charge in [0.15, 0.2) is 0 Å². The average Bonchev–Trinajstić information content (AvgIpc) is 2.48. The van der Waals surface area contributed by atoms with E-state index in [1.807, 2.05) is 18.2 Å². The normalized spacial score (nSPS) is 10.7. The molecule has 108 valence electrons. The van der Waals surface area contributed by atoms with Crippen molar-refractivity contribution in [1.82, 2.24) is 0 Å². The number of fused-ring (bicyclic) bond motifs is 1. The Kier molecular flexibility index (Phi) is 5.72. The molecule has 2 aromatic rings. The molecule has 0 aromatic heterocycles. The predicted molar refractivity (Wildman–Crippen MR) is 84.8 cm³/mol. The van der Waals surface area contributed by atoms with Gasteiger partial charge in [-0.15, -0.1) is 0 Å². The van der Waals surface area contributed by atoms with Crippen LogP contribution in [0.1, 0.15) is 39.5 Å². The van der Waals surface area contributed by atoms with Crippen LogP contribution in [0, 0.1) is 0 Å². The van der Waals surface area contributed by atoms with Gasteiger partial charge < -0.3 is 9.47 Å². The number of ether oxygens (including phenoxy) is 2. The van der Waals surface area contributed by atoms with Crippen LogP contribution in [-0.2, 0) is 0 Å². The highest BCUT2D eigenvalue weighted by Gasteiger charge is 2.04. The Morgan fingerprint density at radius 2 is 1.60 bits per heavy atom. The SMILES string of the molecule is CCCCOc1ccc2cccc(OCCCC)c2c1. The third-order valence-electron chi connectivity index (χ3n) is 3.34. The standard InChI is InChI=1S/C18H24O2/c1-3-5-12-19-16-11-10-15-8-7-9-18(17(15)14-16)20-13-6-4-2/h7-11,14H,3-6,12-13H2,1-2H3. The van der Waals surface area contributed by atoms with Crippen molar-refractivity contribution in [2.75, 3.05) is 13.2 Å². The van der Waals surface area contributed by atoms with Gasteiger partial charge >= 0.3 is 0 Å². The summed E-state index contributed by atoms with van der Waals surface area (Å²) in [4.78, 5) is 0. The van der Waals surface area contributed by atoms with E-state index in [0.717, 1.165) is 55.8 Å². The molecule has 0 saturated heterocycles. The molecule has 0 amide bonds. The van der Waals surface area contributed by atoms with Gasteiger partial charge in [0, 0.05) is 5.39 Å². The molecule has 0 aliphatic rings. The van der Waals surface area contributed by atoms with Gasteiger partial charge in [-0.1, -0.05) is 44.9 Å². The summed E-state index contributed by atoms with van der Waals surface area (Å²) < 4.78 is 11.7. The Labute approximate surface area is 121 Å². The van der Waals surface area contributed by atoms with E-state index in [1.54, 1.807) is 0 Å². The van der Waals surface area contributed by atoms with Crippen LogP contribution in [0.15, 0.2) is 36.4 Å². The highest BCUT2D eigenvalue weighted by atomic mass is 16.5. The Bertz CT molecular complexity index is 534. The highest BCUT2D eigenvalue weighted by molar-refractivity contribution is 5.89. The number of hydrogen-bond acceptors (Lipinski definition) is 2. The summed E-state index contributed by atoms with van der Waals surface area (Å²) in [5.41, 5.74) is 0. The zero-order valence-corrected chi connectivity index (χ0v) is 12.5. The molecule has 0 aliphatic carbocycles. The largest absolute Gasteiger partial charge is 0.494 e. The van der Waals surface area contributed by atoms with E-state index in [2.05, 4.69) is 32.0 Å². The maximum atomic E-state index is 5.88. The third-order valence-corrected chi connectivity index (χ3v) is 3.34. The molecule has 0 radical (unpaired) electrons. The predicted octanol–water partition coefficient (Wildman–Crippen LogP) is 5.20. The van der Waals surface area contributed by atoms with E-state index in [9.17, 15) is 0 Å². The van der Waals surface area contributed by atoms with Crippen molar-refractivity contribution < 1.29 is 9.47 Å². The Morgan fingerprint density at radius 3 is 2.35 bits per heavy atom.